The molecule has 0 amide bonds. The molecule has 1 aromatic carbocycles. The predicted octanol–water partition coefficient (Wildman–Crippen LogP) is 3.47. The molecule has 1 nitrogen and oxygen atoms in total. The van der Waals surface area contributed by atoms with Crippen molar-refractivity contribution in [3.8, 4) is 0 Å². The number of benzene rings is 1. The first-order valence-electron chi connectivity index (χ1n) is 4.76. The minimum Gasteiger partial charge on any atom is -0.494 e. The maximum atomic E-state index is 5.53. The summed E-state index contributed by atoms with van der Waals surface area (Å²) < 4.78 is 5.53. The Kier molecular flexibility index (Phi) is 4.10. The second-order valence-electron chi connectivity index (χ2n) is 2.78. The van der Waals surface area contributed by atoms with E-state index in [1.54, 1.807) is 0 Å². The summed E-state index contributed by atoms with van der Waals surface area (Å²) in [6.45, 7) is 4.84. The van der Waals surface area contributed by atoms with Gasteiger partial charge in [-0.2, -0.15) is 0 Å². The van der Waals surface area contributed by atoms with E-state index in [9.17, 15) is 0 Å². The van der Waals surface area contributed by atoms with Crippen LogP contribution in [0.1, 0.15) is 25.8 Å². The molecule has 0 fully saturated rings. The Morgan fingerprint density at radius 1 is 1.23 bits per heavy atom. The van der Waals surface area contributed by atoms with E-state index in [-0.39, 0.29) is 0 Å². The van der Waals surface area contributed by atoms with Crippen LogP contribution in [-0.4, -0.2) is 6.61 Å². The number of rotatable bonds is 4. The van der Waals surface area contributed by atoms with Crippen molar-refractivity contribution in [2.45, 2.75) is 20.3 Å². The molecule has 0 aliphatic heterocycles. The molecule has 70 valence electrons. The van der Waals surface area contributed by atoms with Gasteiger partial charge in [0.2, 0.25) is 0 Å². The second kappa shape index (κ2) is 5.41. The highest BCUT2D eigenvalue weighted by Gasteiger charge is 1.98. The first kappa shape index (κ1) is 9.85. The standard InChI is InChI=1S/C12H16O/c1-3-8-12(13-4-2)11-9-6-5-7-10-11/h5-10H,3-4H2,1-2H3/b12-8+. The highest BCUT2D eigenvalue weighted by atomic mass is 16.5. The van der Waals surface area contributed by atoms with Crippen LogP contribution in [0.15, 0.2) is 36.4 Å². The van der Waals surface area contributed by atoms with Crippen LogP contribution in [0, 0.1) is 0 Å². The largest absolute Gasteiger partial charge is 0.494 e. The fraction of sp³-hybridized carbons (Fsp3) is 0.333. The Morgan fingerprint density at radius 3 is 2.46 bits per heavy atom. The van der Waals surface area contributed by atoms with Crippen molar-refractivity contribution >= 4 is 5.76 Å². The first-order chi connectivity index (χ1) is 6.38. The monoisotopic (exact) mass is 176 g/mol. The maximum absolute atomic E-state index is 5.53. The van der Waals surface area contributed by atoms with Crippen molar-refractivity contribution in [3.63, 3.8) is 0 Å². The van der Waals surface area contributed by atoms with Gasteiger partial charge in [0, 0.05) is 5.56 Å². The van der Waals surface area contributed by atoms with Gasteiger partial charge in [-0.05, 0) is 19.4 Å². The lowest BCUT2D eigenvalue weighted by Crippen LogP contribution is -1.90. The molecule has 1 rings (SSSR count). The third-order valence-electron chi connectivity index (χ3n) is 1.75. The zero-order valence-corrected chi connectivity index (χ0v) is 8.29. The Bertz CT molecular complexity index is 262. The summed E-state index contributed by atoms with van der Waals surface area (Å²) >= 11 is 0. The predicted molar refractivity (Wildman–Crippen MR) is 56.3 cm³/mol. The number of ether oxygens (including phenoxy) is 1. The lowest BCUT2D eigenvalue weighted by atomic mass is 10.1. The van der Waals surface area contributed by atoms with E-state index in [4.69, 9.17) is 4.74 Å². The topological polar surface area (TPSA) is 9.23 Å². The van der Waals surface area contributed by atoms with Crippen molar-refractivity contribution in [3.05, 3.63) is 42.0 Å². The van der Waals surface area contributed by atoms with E-state index >= 15 is 0 Å². The van der Waals surface area contributed by atoms with E-state index < -0.39 is 0 Å². The third kappa shape index (κ3) is 2.94. The van der Waals surface area contributed by atoms with Crippen LogP contribution in [0.2, 0.25) is 0 Å². The van der Waals surface area contributed by atoms with Crippen LogP contribution in [0.25, 0.3) is 5.76 Å². The Morgan fingerprint density at radius 2 is 1.92 bits per heavy atom. The number of hydrogen-bond donors (Lipinski definition) is 0. The van der Waals surface area contributed by atoms with Gasteiger partial charge in [-0.3, -0.25) is 0 Å². The average molecular weight is 176 g/mol. The summed E-state index contributed by atoms with van der Waals surface area (Å²) in [7, 11) is 0. The SMILES string of the molecule is CC/C=C(/OCC)c1ccccc1. The normalized spacial score (nSPS) is 11.4. The highest BCUT2D eigenvalue weighted by Crippen LogP contribution is 2.15. The van der Waals surface area contributed by atoms with Crippen LogP contribution in [0.4, 0.5) is 0 Å². The number of hydrogen-bond acceptors (Lipinski definition) is 1. The molecule has 0 saturated heterocycles. The van der Waals surface area contributed by atoms with E-state index in [1.165, 1.54) is 0 Å². The summed E-state index contributed by atoms with van der Waals surface area (Å²) in [5, 5.41) is 0. The van der Waals surface area contributed by atoms with Gasteiger partial charge >= 0.3 is 0 Å². The van der Waals surface area contributed by atoms with E-state index in [1.807, 2.05) is 25.1 Å². The fourth-order valence-electron chi connectivity index (χ4n) is 1.20. The highest BCUT2D eigenvalue weighted by molar-refractivity contribution is 5.59. The first-order valence-corrected chi connectivity index (χ1v) is 4.76. The molecule has 0 aliphatic carbocycles. The molecule has 0 N–H and O–H groups in total. The zero-order chi connectivity index (χ0) is 9.52. The molecule has 1 heteroatoms. The van der Waals surface area contributed by atoms with Gasteiger partial charge in [0.05, 0.1) is 6.61 Å². The minimum atomic E-state index is 0.723. The van der Waals surface area contributed by atoms with Gasteiger partial charge in [-0.15, -0.1) is 0 Å². The van der Waals surface area contributed by atoms with E-state index in [2.05, 4.69) is 25.1 Å². The van der Waals surface area contributed by atoms with E-state index in [0.29, 0.717) is 0 Å². The van der Waals surface area contributed by atoms with Crippen LogP contribution in [-0.2, 0) is 4.74 Å². The molecular formula is C12H16O. The average Bonchev–Trinajstić information content (AvgIpc) is 2.19. The van der Waals surface area contributed by atoms with Crippen molar-refractivity contribution in [2.24, 2.45) is 0 Å². The fourth-order valence-corrected chi connectivity index (χ4v) is 1.20. The summed E-state index contributed by atoms with van der Waals surface area (Å²) in [5.41, 5.74) is 1.16. The molecule has 0 aliphatic rings. The van der Waals surface area contributed by atoms with Gasteiger partial charge in [-0.25, -0.2) is 0 Å². The molecule has 0 saturated carbocycles. The lowest BCUT2D eigenvalue weighted by molar-refractivity contribution is 0.297. The Labute approximate surface area is 80.0 Å². The molecule has 0 aromatic heterocycles. The summed E-state index contributed by atoms with van der Waals surface area (Å²) in [5.74, 6) is 0.991. The minimum absolute atomic E-state index is 0.723. The number of allylic oxidation sites excluding steroid dienone is 1. The van der Waals surface area contributed by atoms with Gasteiger partial charge in [0.15, 0.2) is 0 Å². The lowest BCUT2D eigenvalue weighted by Gasteiger charge is -2.07. The molecular weight excluding hydrogens is 160 g/mol. The van der Waals surface area contributed by atoms with Gasteiger partial charge < -0.3 is 4.74 Å². The molecule has 0 radical (unpaired) electrons. The summed E-state index contributed by atoms with van der Waals surface area (Å²) in [6, 6.07) is 10.2. The molecule has 0 heterocycles. The zero-order valence-electron chi connectivity index (χ0n) is 8.29. The van der Waals surface area contributed by atoms with Crippen LogP contribution in [0.3, 0.4) is 0 Å². The van der Waals surface area contributed by atoms with Crippen molar-refractivity contribution in [1.29, 1.82) is 0 Å². The quantitative estimate of drug-likeness (QED) is 0.638. The maximum Gasteiger partial charge on any atom is 0.122 e. The van der Waals surface area contributed by atoms with Gasteiger partial charge in [-0.1, -0.05) is 37.3 Å². The van der Waals surface area contributed by atoms with E-state index in [0.717, 1.165) is 24.4 Å². The molecule has 0 bridgehead atoms. The smallest absolute Gasteiger partial charge is 0.122 e. The van der Waals surface area contributed by atoms with Gasteiger partial charge in [0.25, 0.3) is 0 Å². The molecule has 13 heavy (non-hydrogen) atoms. The Hall–Kier alpha value is -1.24. The van der Waals surface area contributed by atoms with Gasteiger partial charge in [0.1, 0.15) is 5.76 Å². The molecule has 0 spiro atoms. The molecule has 1 aromatic rings. The Balaban J connectivity index is 2.83. The second-order valence-corrected chi connectivity index (χ2v) is 2.78. The third-order valence-corrected chi connectivity index (χ3v) is 1.75. The van der Waals surface area contributed by atoms with Crippen molar-refractivity contribution in [1.82, 2.24) is 0 Å². The van der Waals surface area contributed by atoms with Crippen molar-refractivity contribution < 1.29 is 4.74 Å². The van der Waals surface area contributed by atoms with Crippen molar-refractivity contribution in [2.75, 3.05) is 6.61 Å². The molecule has 0 unspecified atom stereocenters. The van der Waals surface area contributed by atoms with Crippen LogP contribution >= 0.6 is 0 Å². The summed E-state index contributed by atoms with van der Waals surface area (Å²) in [6.07, 6.45) is 3.11. The molecule has 0 atom stereocenters. The summed E-state index contributed by atoms with van der Waals surface area (Å²) in [4.78, 5) is 0. The van der Waals surface area contributed by atoms with Crippen LogP contribution in [0.5, 0.6) is 0 Å². The van der Waals surface area contributed by atoms with Crippen LogP contribution < -0.4 is 0 Å².